The maximum atomic E-state index is 11.3. The number of hydrogen-bond donors (Lipinski definition) is 1. The van der Waals surface area contributed by atoms with Gasteiger partial charge in [0.1, 0.15) is 24.7 Å². The van der Waals surface area contributed by atoms with Gasteiger partial charge in [0.15, 0.2) is 0 Å². The first-order valence-electron chi connectivity index (χ1n) is 7.64. The monoisotopic (exact) mass is 336 g/mol. The number of benzene rings is 1. The molecule has 0 amide bonds. The summed E-state index contributed by atoms with van der Waals surface area (Å²) in [5.74, 6) is -0.242. The summed E-state index contributed by atoms with van der Waals surface area (Å²) < 4.78 is 11.3. The minimum absolute atomic E-state index is 0.0922. The standard InChI is InChI=1S/C19H16N2O4/c22-19(23)14-9-17(24-12-15-5-1-3-7-20-15)11-18(10-14)25-13-16-6-2-4-8-21-16/h1-11H,12-13H2,(H,22,23). The second-order valence-electron chi connectivity index (χ2n) is 5.22. The maximum Gasteiger partial charge on any atom is 0.335 e. The van der Waals surface area contributed by atoms with Crippen molar-refractivity contribution >= 4 is 5.97 Å². The normalized spacial score (nSPS) is 10.2. The van der Waals surface area contributed by atoms with Crippen LogP contribution in [0.3, 0.4) is 0 Å². The molecule has 25 heavy (non-hydrogen) atoms. The molecule has 3 rings (SSSR count). The molecule has 0 saturated carbocycles. The Morgan fingerprint density at radius 3 is 1.76 bits per heavy atom. The van der Waals surface area contributed by atoms with Gasteiger partial charge in [0.2, 0.25) is 0 Å². The molecule has 3 aromatic rings. The predicted molar refractivity (Wildman–Crippen MR) is 90.5 cm³/mol. The van der Waals surface area contributed by atoms with Gasteiger partial charge in [0, 0.05) is 18.5 Å². The van der Waals surface area contributed by atoms with Gasteiger partial charge < -0.3 is 14.6 Å². The summed E-state index contributed by atoms with van der Waals surface area (Å²) in [6.07, 6.45) is 3.35. The Kier molecular flexibility index (Phi) is 5.21. The zero-order chi connectivity index (χ0) is 17.5. The van der Waals surface area contributed by atoms with Gasteiger partial charge in [-0.05, 0) is 36.4 Å². The van der Waals surface area contributed by atoms with Crippen molar-refractivity contribution in [3.63, 3.8) is 0 Å². The first-order valence-corrected chi connectivity index (χ1v) is 7.64. The van der Waals surface area contributed by atoms with Crippen molar-refractivity contribution in [2.45, 2.75) is 13.2 Å². The molecule has 0 bridgehead atoms. The van der Waals surface area contributed by atoms with Crippen molar-refractivity contribution in [1.29, 1.82) is 0 Å². The minimum Gasteiger partial charge on any atom is -0.487 e. The smallest absolute Gasteiger partial charge is 0.335 e. The SMILES string of the molecule is O=C(O)c1cc(OCc2ccccn2)cc(OCc2ccccn2)c1. The van der Waals surface area contributed by atoms with E-state index in [9.17, 15) is 9.90 Å². The molecule has 0 atom stereocenters. The molecule has 0 aliphatic carbocycles. The fraction of sp³-hybridized carbons (Fsp3) is 0.105. The van der Waals surface area contributed by atoms with Crippen LogP contribution in [0.15, 0.2) is 67.0 Å². The Bertz CT molecular complexity index is 777. The van der Waals surface area contributed by atoms with Gasteiger partial charge in [0.25, 0.3) is 0 Å². The van der Waals surface area contributed by atoms with Crippen LogP contribution in [0.5, 0.6) is 11.5 Å². The van der Waals surface area contributed by atoms with Crippen LogP contribution < -0.4 is 9.47 Å². The highest BCUT2D eigenvalue weighted by atomic mass is 16.5. The Balaban J connectivity index is 1.73. The highest BCUT2D eigenvalue weighted by molar-refractivity contribution is 5.88. The molecule has 1 aromatic carbocycles. The van der Waals surface area contributed by atoms with E-state index in [1.54, 1.807) is 18.5 Å². The van der Waals surface area contributed by atoms with Crippen molar-refractivity contribution in [2.24, 2.45) is 0 Å². The molecule has 2 heterocycles. The molecule has 0 aliphatic heterocycles. The van der Waals surface area contributed by atoms with Gasteiger partial charge >= 0.3 is 5.97 Å². The van der Waals surface area contributed by atoms with Crippen LogP contribution in [0.4, 0.5) is 0 Å². The summed E-state index contributed by atoms with van der Waals surface area (Å²) in [6, 6.07) is 15.6. The molecule has 6 nitrogen and oxygen atoms in total. The van der Waals surface area contributed by atoms with Gasteiger partial charge in [-0.3, -0.25) is 9.97 Å². The average molecular weight is 336 g/mol. The third kappa shape index (κ3) is 4.78. The maximum absolute atomic E-state index is 11.3. The van der Waals surface area contributed by atoms with Crippen LogP contribution in [0.2, 0.25) is 0 Å². The summed E-state index contributed by atoms with van der Waals surface area (Å²) in [4.78, 5) is 19.7. The Morgan fingerprint density at radius 2 is 1.36 bits per heavy atom. The molecule has 0 radical (unpaired) electrons. The van der Waals surface area contributed by atoms with Crippen LogP contribution in [-0.2, 0) is 13.2 Å². The van der Waals surface area contributed by atoms with Crippen LogP contribution in [0.1, 0.15) is 21.7 Å². The average Bonchev–Trinajstić information content (AvgIpc) is 2.66. The Hall–Kier alpha value is -3.41. The molecule has 0 saturated heterocycles. The van der Waals surface area contributed by atoms with Gasteiger partial charge in [-0.15, -0.1) is 0 Å². The number of nitrogens with zero attached hydrogens (tertiary/aromatic N) is 2. The highest BCUT2D eigenvalue weighted by Gasteiger charge is 2.10. The molecule has 0 unspecified atom stereocenters. The number of carboxylic acids is 1. The van der Waals surface area contributed by atoms with E-state index < -0.39 is 5.97 Å². The lowest BCUT2D eigenvalue weighted by Gasteiger charge is -2.11. The number of ether oxygens (including phenoxy) is 2. The number of carbonyl (C=O) groups is 1. The second-order valence-corrected chi connectivity index (χ2v) is 5.22. The fourth-order valence-electron chi connectivity index (χ4n) is 2.14. The molecule has 6 heteroatoms. The van der Waals surface area contributed by atoms with Crippen molar-refractivity contribution in [3.05, 3.63) is 83.9 Å². The van der Waals surface area contributed by atoms with E-state index in [4.69, 9.17) is 9.47 Å². The number of rotatable bonds is 7. The molecule has 1 N–H and O–H groups in total. The lowest BCUT2D eigenvalue weighted by Crippen LogP contribution is -2.03. The van der Waals surface area contributed by atoms with E-state index in [0.29, 0.717) is 11.5 Å². The molecular formula is C19H16N2O4. The zero-order valence-electron chi connectivity index (χ0n) is 13.3. The van der Waals surface area contributed by atoms with Crippen LogP contribution in [-0.4, -0.2) is 21.0 Å². The van der Waals surface area contributed by atoms with E-state index in [2.05, 4.69) is 9.97 Å². The van der Waals surface area contributed by atoms with Crippen molar-refractivity contribution in [1.82, 2.24) is 9.97 Å². The van der Waals surface area contributed by atoms with Crippen LogP contribution >= 0.6 is 0 Å². The van der Waals surface area contributed by atoms with E-state index in [-0.39, 0.29) is 18.8 Å². The van der Waals surface area contributed by atoms with Crippen LogP contribution in [0, 0.1) is 0 Å². The summed E-state index contributed by atoms with van der Waals surface area (Å²) in [6.45, 7) is 0.479. The first kappa shape index (κ1) is 16.4. The number of carboxylic acid groups (broad SMARTS) is 1. The van der Waals surface area contributed by atoms with Gasteiger partial charge in [-0.1, -0.05) is 12.1 Å². The third-order valence-electron chi connectivity index (χ3n) is 3.35. The van der Waals surface area contributed by atoms with Crippen molar-refractivity contribution in [3.8, 4) is 11.5 Å². The second kappa shape index (κ2) is 7.92. The Morgan fingerprint density at radius 1 is 0.840 bits per heavy atom. The number of aromatic nitrogens is 2. The molecule has 0 aliphatic rings. The predicted octanol–water partition coefficient (Wildman–Crippen LogP) is 3.33. The Labute approximate surface area is 144 Å². The van der Waals surface area contributed by atoms with E-state index in [0.717, 1.165) is 11.4 Å². The minimum atomic E-state index is -1.05. The van der Waals surface area contributed by atoms with E-state index in [1.807, 2.05) is 36.4 Å². The summed E-state index contributed by atoms with van der Waals surface area (Å²) in [7, 11) is 0. The molecular weight excluding hydrogens is 320 g/mol. The van der Waals surface area contributed by atoms with E-state index in [1.165, 1.54) is 12.1 Å². The summed E-state index contributed by atoms with van der Waals surface area (Å²) in [5, 5.41) is 9.27. The molecule has 0 fully saturated rings. The molecule has 2 aromatic heterocycles. The quantitative estimate of drug-likeness (QED) is 0.713. The molecule has 126 valence electrons. The zero-order valence-corrected chi connectivity index (χ0v) is 13.3. The van der Waals surface area contributed by atoms with Crippen molar-refractivity contribution < 1.29 is 19.4 Å². The molecule has 0 spiro atoms. The number of hydrogen-bond acceptors (Lipinski definition) is 5. The summed E-state index contributed by atoms with van der Waals surface area (Å²) in [5.41, 5.74) is 1.59. The number of aromatic carboxylic acids is 1. The van der Waals surface area contributed by atoms with E-state index >= 15 is 0 Å². The lowest BCUT2D eigenvalue weighted by atomic mass is 10.2. The summed E-state index contributed by atoms with van der Waals surface area (Å²) >= 11 is 0. The largest absolute Gasteiger partial charge is 0.487 e. The van der Waals surface area contributed by atoms with Gasteiger partial charge in [0.05, 0.1) is 17.0 Å². The fourth-order valence-corrected chi connectivity index (χ4v) is 2.14. The van der Waals surface area contributed by atoms with Gasteiger partial charge in [-0.2, -0.15) is 0 Å². The van der Waals surface area contributed by atoms with Crippen LogP contribution in [0.25, 0.3) is 0 Å². The highest BCUT2D eigenvalue weighted by Crippen LogP contribution is 2.24. The van der Waals surface area contributed by atoms with Gasteiger partial charge in [-0.25, -0.2) is 4.79 Å². The number of pyridine rings is 2. The lowest BCUT2D eigenvalue weighted by molar-refractivity contribution is 0.0695. The topological polar surface area (TPSA) is 81.5 Å². The van der Waals surface area contributed by atoms with Crippen molar-refractivity contribution in [2.75, 3.05) is 0 Å². The first-order chi connectivity index (χ1) is 12.2. The third-order valence-corrected chi connectivity index (χ3v) is 3.35.